The molecule has 0 saturated carbocycles. The Morgan fingerprint density at radius 3 is 1.97 bits per heavy atom. The number of hydrogen-bond donors (Lipinski definition) is 1. The number of fused-ring (bicyclic) bond motifs is 2. The standard InChI is InChI=1S/C25H25BNS4/c1-24(2,3)21-13-15-11-17-14(10-18(15)29-21)12-19(28-17)16-6-8-22(30-16)26-23-9-7-20(31-23)25(4,5)27/h6-13H,27H2,1-5H3. The molecule has 0 atom stereocenters. The quantitative estimate of drug-likeness (QED) is 0.275. The zero-order chi connectivity index (χ0) is 22.0. The van der Waals surface area contributed by atoms with Crippen molar-refractivity contribution >= 4 is 82.4 Å². The summed E-state index contributed by atoms with van der Waals surface area (Å²) < 4.78 is 5.30. The lowest BCUT2D eigenvalue weighted by Gasteiger charge is -2.15. The highest BCUT2D eigenvalue weighted by Gasteiger charge is 2.19. The van der Waals surface area contributed by atoms with Gasteiger partial charge < -0.3 is 5.73 Å². The van der Waals surface area contributed by atoms with Crippen LogP contribution in [-0.4, -0.2) is 7.28 Å². The largest absolute Gasteiger partial charge is 0.321 e. The van der Waals surface area contributed by atoms with Crippen LogP contribution >= 0.6 is 45.3 Å². The maximum absolute atomic E-state index is 6.24. The molecule has 31 heavy (non-hydrogen) atoms. The van der Waals surface area contributed by atoms with Crippen LogP contribution in [0, 0.1) is 0 Å². The first-order chi connectivity index (χ1) is 14.6. The van der Waals surface area contributed by atoms with Crippen molar-refractivity contribution in [1.82, 2.24) is 0 Å². The van der Waals surface area contributed by atoms with E-state index in [1.165, 1.54) is 49.2 Å². The van der Waals surface area contributed by atoms with Gasteiger partial charge in [0.2, 0.25) is 7.28 Å². The summed E-state index contributed by atoms with van der Waals surface area (Å²) in [6, 6.07) is 18.3. The third-order valence-electron chi connectivity index (χ3n) is 5.31. The second-order valence-electron chi connectivity index (χ2n) is 9.67. The maximum Gasteiger partial charge on any atom is 0.219 e. The van der Waals surface area contributed by atoms with Crippen molar-refractivity contribution in [2.75, 3.05) is 0 Å². The van der Waals surface area contributed by atoms with E-state index in [0.717, 1.165) is 0 Å². The highest BCUT2D eigenvalue weighted by atomic mass is 32.1. The average molecular weight is 479 g/mol. The fourth-order valence-electron chi connectivity index (χ4n) is 3.54. The fourth-order valence-corrected chi connectivity index (χ4v) is 7.88. The van der Waals surface area contributed by atoms with Gasteiger partial charge in [0.25, 0.3) is 0 Å². The summed E-state index contributed by atoms with van der Waals surface area (Å²) in [4.78, 5) is 5.36. The van der Waals surface area contributed by atoms with Crippen LogP contribution in [0.5, 0.6) is 0 Å². The van der Waals surface area contributed by atoms with Gasteiger partial charge in [-0.1, -0.05) is 32.9 Å². The molecule has 5 rings (SSSR count). The van der Waals surface area contributed by atoms with Crippen molar-refractivity contribution in [2.45, 2.75) is 45.6 Å². The second kappa shape index (κ2) is 7.56. The number of hydrogen-bond acceptors (Lipinski definition) is 5. The van der Waals surface area contributed by atoms with Gasteiger partial charge in [-0.25, -0.2) is 0 Å². The lowest BCUT2D eigenvalue weighted by atomic mass is 9.75. The third kappa shape index (κ3) is 4.29. The first-order valence-electron chi connectivity index (χ1n) is 10.4. The van der Waals surface area contributed by atoms with Crippen LogP contribution in [0.2, 0.25) is 0 Å². The molecule has 0 aliphatic heterocycles. The molecule has 0 saturated heterocycles. The van der Waals surface area contributed by atoms with Gasteiger partial charge in [-0.05, 0) is 76.0 Å². The van der Waals surface area contributed by atoms with Gasteiger partial charge in [0.15, 0.2) is 0 Å². The van der Waals surface area contributed by atoms with Gasteiger partial charge >= 0.3 is 0 Å². The summed E-state index contributed by atoms with van der Waals surface area (Å²) in [5.74, 6) is 0. The summed E-state index contributed by atoms with van der Waals surface area (Å²) in [5, 5.41) is 2.72. The molecule has 6 heteroatoms. The van der Waals surface area contributed by atoms with E-state index in [1.807, 2.05) is 34.0 Å². The summed E-state index contributed by atoms with van der Waals surface area (Å²) >= 11 is 7.46. The van der Waals surface area contributed by atoms with Gasteiger partial charge in [-0.2, -0.15) is 11.3 Å². The molecule has 1 nitrogen and oxygen atoms in total. The maximum atomic E-state index is 6.24. The number of benzene rings is 1. The Morgan fingerprint density at radius 2 is 1.29 bits per heavy atom. The normalized spacial score (nSPS) is 12.8. The van der Waals surface area contributed by atoms with E-state index in [4.69, 9.17) is 5.73 Å². The van der Waals surface area contributed by atoms with E-state index in [0.29, 0.717) is 0 Å². The molecule has 4 heterocycles. The van der Waals surface area contributed by atoms with Gasteiger partial charge in [0.05, 0.1) is 0 Å². The molecule has 1 aromatic carbocycles. The molecular weight excluding hydrogens is 453 g/mol. The Kier molecular flexibility index (Phi) is 5.23. The van der Waals surface area contributed by atoms with E-state index >= 15 is 0 Å². The third-order valence-corrected chi connectivity index (χ3v) is 10.5. The predicted molar refractivity (Wildman–Crippen MR) is 146 cm³/mol. The molecule has 0 spiro atoms. The molecule has 0 bridgehead atoms. The monoisotopic (exact) mass is 478 g/mol. The van der Waals surface area contributed by atoms with Gasteiger partial charge in [-0.15, -0.1) is 34.0 Å². The van der Waals surface area contributed by atoms with Gasteiger partial charge in [0.1, 0.15) is 0 Å². The highest BCUT2D eigenvalue weighted by Crippen LogP contribution is 2.41. The summed E-state index contributed by atoms with van der Waals surface area (Å²) in [6.45, 7) is 11.0. The minimum absolute atomic E-state index is 0.204. The summed E-state index contributed by atoms with van der Waals surface area (Å²) in [7, 11) is 2.27. The minimum atomic E-state index is -0.282. The van der Waals surface area contributed by atoms with Crippen molar-refractivity contribution in [2.24, 2.45) is 5.73 Å². The summed E-state index contributed by atoms with van der Waals surface area (Å²) in [6.07, 6.45) is 0. The Balaban J connectivity index is 1.42. The first-order valence-corrected chi connectivity index (χ1v) is 13.6. The average Bonchev–Trinajstić information content (AvgIpc) is 3.43. The smallest absolute Gasteiger partial charge is 0.219 e. The first kappa shape index (κ1) is 21.4. The van der Waals surface area contributed by atoms with E-state index < -0.39 is 0 Å². The van der Waals surface area contributed by atoms with Crippen molar-refractivity contribution in [3.8, 4) is 9.75 Å². The van der Waals surface area contributed by atoms with E-state index in [9.17, 15) is 0 Å². The van der Waals surface area contributed by atoms with E-state index in [-0.39, 0.29) is 11.0 Å². The molecule has 1 radical (unpaired) electrons. The lowest BCUT2D eigenvalue weighted by molar-refractivity contribution is 0.567. The molecule has 5 aromatic rings. The Hall–Kier alpha value is -1.44. The van der Waals surface area contributed by atoms with Crippen LogP contribution in [0.3, 0.4) is 0 Å². The molecule has 2 N–H and O–H groups in total. The molecule has 0 amide bonds. The zero-order valence-corrected chi connectivity index (χ0v) is 21.7. The lowest BCUT2D eigenvalue weighted by Crippen LogP contribution is -2.27. The van der Waals surface area contributed by atoms with Crippen LogP contribution in [-0.2, 0) is 11.0 Å². The van der Waals surface area contributed by atoms with Crippen molar-refractivity contribution in [3.05, 3.63) is 58.3 Å². The SMILES string of the molecule is CC(C)(C)c1cc2cc3sc(-c4ccc([B]c5ccc(C(C)(C)N)s5)s4)cc3cc2s1. The second-order valence-corrected chi connectivity index (χ2v) is 14.1. The topological polar surface area (TPSA) is 26.0 Å². The Morgan fingerprint density at radius 1 is 0.645 bits per heavy atom. The molecule has 0 aliphatic rings. The van der Waals surface area contributed by atoms with Crippen LogP contribution in [0.15, 0.2) is 48.5 Å². The molecule has 4 aromatic heterocycles. The van der Waals surface area contributed by atoms with E-state index in [1.54, 1.807) is 11.3 Å². The minimum Gasteiger partial charge on any atom is -0.321 e. The van der Waals surface area contributed by atoms with Crippen LogP contribution < -0.4 is 15.3 Å². The molecule has 0 fully saturated rings. The Bertz CT molecular complexity index is 1330. The fraction of sp³-hybridized carbons (Fsp3) is 0.280. The van der Waals surface area contributed by atoms with Crippen molar-refractivity contribution < 1.29 is 0 Å². The number of thiophene rings is 4. The van der Waals surface area contributed by atoms with Gasteiger partial charge in [0, 0.05) is 34.4 Å². The van der Waals surface area contributed by atoms with Crippen LogP contribution in [0.25, 0.3) is 29.9 Å². The predicted octanol–water partition coefficient (Wildman–Crippen LogP) is 7.05. The van der Waals surface area contributed by atoms with Crippen molar-refractivity contribution in [1.29, 1.82) is 0 Å². The van der Waals surface area contributed by atoms with Gasteiger partial charge in [-0.3, -0.25) is 0 Å². The number of nitrogens with two attached hydrogens (primary N) is 1. The van der Waals surface area contributed by atoms with Crippen molar-refractivity contribution in [3.63, 3.8) is 0 Å². The zero-order valence-electron chi connectivity index (χ0n) is 18.4. The Labute approximate surface area is 200 Å². The molecule has 157 valence electrons. The van der Waals surface area contributed by atoms with Crippen LogP contribution in [0.1, 0.15) is 44.4 Å². The van der Waals surface area contributed by atoms with E-state index in [2.05, 4.69) is 90.4 Å². The molecule has 0 unspecified atom stereocenters. The molecular formula is C25H25BNS4. The molecule has 0 aliphatic carbocycles. The van der Waals surface area contributed by atoms with Crippen LogP contribution in [0.4, 0.5) is 0 Å². The highest BCUT2D eigenvalue weighted by molar-refractivity contribution is 7.32. The number of rotatable bonds is 4. The summed E-state index contributed by atoms with van der Waals surface area (Å²) in [5.41, 5.74) is 6.16.